The largest absolute Gasteiger partial charge is 0.361 e. The number of aryl methyl sites for hydroxylation is 1. The maximum Gasteiger partial charge on any atom is 0.228 e. The Kier molecular flexibility index (Phi) is 4.06. The third-order valence-electron chi connectivity index (χ3n) is 4.44. The number of hydrogen-bond acceptors (Lipinski definition) is 5. The van der Waals surface area contributed by atoms with Crippen molar-refractivity contribution >= 4 is 17.7 Å². The van der Waals surface area contributed by atoms with Gasteiger partial charge in [-0.1, -0.05) is 5.16 Å². The van der Waals surface area contributed by atoms with Gasteiger partial charge in [-0.3, -0.25) is 14.4 Å². The van der Waals surface area contributed by atoms with Crippen LogP contribution in [-0.2, 0) is 20.8 Å². The molecule has 3 heterocycles. The van der Waals surface area contributed by atoms with E-state index in [0.29, 0.717) is 31.1 Å². The first-order chi connectivity index (χ1) is 11.0. The van der Waals surface area contributed by atoms with Gasteiger partial charge in [-0.2, -0.15) is 0 Å². The molecule has 1 unspecified atom stereocenters. The SMILES string of the molecule is CNC(=O)C1CC(=O)N(C2CN(C(=O)Cc3cc(C)on3)C2)C1. The van der Waals surface area contributed by atoms with Gasteiger partial charge < -0.3 is 19.6 Å². The average Bonchev–Trinajstić information content (AvgIpc) is 3.03. The minimum absolute atomic E-state index is 0.0113. The number of likely N-dealkylation sites (tertiary alicyclic amines) is 2. The Morgan fingerprint density at radius 1 is 1.39 bits per heavy atom. The van der Waals surface area contributed by atoms with Gasteiger partial charge in [-0.25, -0.2) is 0 Å². The molecular weight excluding hydrogens is 300 g/mol. The first-order valence-electron chi connectivity index (χ1n) is 7.69. The van der Waals surface area contributed by atoms with Crippen molar-refractivity contribution in [2.45, 2.75) is 25.8 Å². The van der Waals surface area contributed by atoms with Gasteiger partial charge in [0.25, 0.3) is 0 Å². The van der Waals surface area contributed by atoms with Crippen LogP contribution in [0.1, 0.15) is 17.9 Å². The van der Waals surface area contributed by atoms with Gasteiger partial charge in [0.15, 0.2) is 0 Å². The van der Waals surface area contributed by atoms with Crippen molar-refractivity contribution in [3.8, 4) is 0 Å². The molecule has 2 fully saturated rings. The van der Waals surface area contributed by atoms with Crippen LogP contribution < -0.4 is 5.32 Å². The number of rotatable bonds is 4. The molecule has 2 aliphatic heterocycles. The predicted molar refractivity (Wildman–Crippen MR) is 79.2 cm³/mol. The molecule has 124 valence electrons. The molecule has 8 nitrogen and oxygen atoms in total. The van der Waals surface area contributed by atoms with Crippen molar-refractivity contribution in [3.05, 3.63) is 17.5 Å². The summed E-state index contributed by atoms with van der Waals surface area (Å²) in [4.78, 5) is 39.2. The summed E-state index contributed by atoms with van der Waals surface area (Å²) in [5.41, 5.74) is 0.618. The number of nitrogens with zero attached hydrogens (tertiary/aromatic N) is 3. The molecule has 1 N–H and O–H groups in total. The van der Waals surface area contributed by atoms with Gasteiger partial charge >= 0.3 is 0 Å². The van der Waals surface area contributed by atoms with Crippen molar-refractivity contribution in [1.82, 2.24) is 20.3 Å². The van der Waals surface area contributed by atoms with Crippen molar-refractivity contribution in [1.29, 1.82) is 0 Å². The molecule has 0 bridgehead atoms. The average molecular weight is 320 g/mol. The molecule has 0 aliphatic carbocycles. The standard InChI is InChI=1S/C15H20N4O4/c1-9-3-11(17-23-9)5-13(20)18-7-12(8-18)19-6-10(4-14(19)21)15(22)16-2/h3,10,12H,4-8H2,1-2H3,(H,16,22). The van der Waals surface area contributed by atoms with E-state index in [1.165, 1.54) is 0 Å². The Balaban J connectivity index is 1.50. The highest BCUT2D eigenvalue weighted by atomic mass is 16.5. The molecule has 1 aromatic heterocycles. The zero-order valence-corrected chi connectivity index (χ0v) is 13.2. The number of carbonyl (C=O) groups excluding carboxylic acids is 3. The van der Waals surface area contributed by atoms with Crippen molar-refractivity contribution < 1.29 is 18.9 Å². The molecule has 2 saturated heterocycles. The van der Waals surface area contributed by atoms with E-state index in [-0.39, 0.29) is 42.5 Å². The van der Waals surface area contributed by atoms with Crippen LogP contribution in [0.2, 0.25) is 0 Å². The second-order valence-electron chi connectivity index (χ2n) is 6.12. The van der Waals surface area contributed by atoms with Gasteiger partial charge in [-0.05, 0) is 6.92 Å². The maximum absolute atomic E-state index is 12.1. The Morgan fingerprint density at radius 2 is 2.13 bits per heavy atom. The predicted octanol–water partition coefficient (Wildman–Crippen LogP) is -0.669. The van der Waals surface area contributed by atoms with E-state index in [1.54, 1.807) is 29.8 Å². The molecule has 3 rings (SSSR count). The smallest absolute Gasteiger partial charge is 0.228 e. The fourth-order valence-electron chi connectivity index (χ4n) is 3.09. The summed E-state index contributed by atoms with van der Waals surface area (Å²) < 4.78 is 4.95. The van der Waals surface area contributed by atoms with E-state index in [0.717, 1.165) is 0 Å². The quantitative estimate of drug-likeness (QED) is 0.794. The van der Waals surface area contributed by atoms with Crippen molar-refractivity contribution in [3.63, 3.8) is 0 Å². The lowest BCUT2D eigenvalue weighted by molar-refractivity contribution is -0.143. The van der Waals surface area contributed by atoms with Crippen LogP contribution in [0.4, 0.5) is 0 Å². The van der Waals surface area contributed by atoms with Gasteiger partial charge in [-0.15, -0.1) is 0 Å². The fourth-order valence-corrected chi connectivity index (χ4v) is 3.09. The van der Waals surface area contributed by atoms with E-state index >= 15 is 0 Å². The van der Waals surface area contributed by atoms with E-state index in [1.807, 2.05) is 0 Å². The van der Waals surface area contributed by atoms with Crippen LogP contribution in [0.15, 0.2) is 10.6 Å². The molecule has 23 heavy (non-hydrogen) atoms. The van der Waals surface area contributed by atoms with Crippen LogP contribution in [0.3, 0.4) is 0 Å². The van der Waals surface area contributed by atoms with Crippen molar-refractivity contribution in [2.24, 2.45) is 5.92 Å². The minimum Gasteiger partial charge on any atom is -0.361 e. The summed E-state index contributed by atoms with van der Waals surface area (Å²) in [6, 6.07) is 1.76. The summed E-state index contributed by atoms with van der Waals surface area (Å²) >= 11 is 0. The monoisotopic (exact) mass is 320 g/mol. The number of nitrogens with one attached hydrogen (secondary N) is 1. The second-order valence-corrected chi connectivity index (χ2v) is 6.12. The van der Waals surface area contributed by atoms with Crippen LogP contribution in [-0.4, -0.2) is 65.4 Å². The highest BCUT2D eigenvalue weighted by molar-refractivity contribution is 5.89. The van der Waals surface area contributed by atoms with E-state index in [4.69, 9.17) is 4.52 Å². The molecule has 2 aliphatic rings. The molecule has 0 radical (unpaired) electrons. The molecular formula is C15H20N4O4. The summed E-state index contributed by atoms with van der Waals surface area (Å²) in [7, 11) is 1.57. The lowest BCUT2D eigenvalue weighted by Crippen LogP contribution is -2.61. The van der Waals surface area contributed by atoms with E-state index < -0.39 is 0 Å². The minimum atomic E-state index is -0.282. The highest BCUT2D eigenvalue weighted by Gasteiger charge is 2.43. The number of amides is 3. The van der Waals surface area contributed by atoms with Gasteiger partial charge in [0.05, 0.1) is 24.1 Å². The summed E-state index contributed by atoms with van der Waals surface area (Å²) in [5.74, 6) is 0.258. The lowest BCUT2D eigenvalue weighted by Gasteiger charge is -2.44. The Hall–Kier alpha value is -2.38. The Labute approximate surface area is 133 Å². The van der Waals surface area contributed by atoms with Gasteiger partial charge in [0.2, 0.25) is 17.7 Å². The van der Waals surface area contributed by atoms with Crippen molar-refractivity contribution in [2.75, 3.05) is 26.7 Å². The summed E-state index contributed by atoms with van der Waals surface area (Å²) in [5, 5.41) is 6.39. The molecule has 0 saturated carbocycles. The first kappa shape index (κ1) is 15.5. The first-order valence-corrected chi connectivity index (χ1v) is 7.69. The molecule has 0 spiro atoms. The fraction of sp³-hybridized carbons (Fsp3) is 0.600. The Bertz CT molecular complexity index is 635. The Morgan fingerprint density at radius 3 is 2.74 bits per heavy atom. The molecule has 8 heteroatoms. The summed E-state index contributed by atoms with van der Waals surface area (Å²) in [6.07, 6.45) is 0.460. The third-order valence-corrected chi connectivity index (χ3v) is 4.44. The highest BCUT2D eigenvalue weighted by Crippen LogP contribution is 2.25. The number of hydrogen-bond donors (Lipinski definition) is 1. The van der Waals surface area contributed by atoms with Crippen LogP contribution in [0, 0.1) is 12.8 Å². The molecule has 1 atom stereocenters. The maximum atomic E-state index is 12.1. The summed E-state index contributed by atoms with van der Waals surface area (Å²) in [6.45, 7) is 3.25. The van der Waals surface area contributed by atoms with Crippen LogP contribution in [0.5, 0.6) is 0 Å². The van der Waals surface area contributed by atoms with Gasteiger partial charge in [0, 0.05) is 39.2 Å². The third kappa shape index (κ3) is 3.06. The number of aromatic nitrogens is 1. The van der Waals surface area contributed by atoms with Crippen LogP contribution in [0.25, 0.3) is 0 Å². The zero-order chi connectivity index (χ0) is 16.6. The second kappa shape index (κ2) is 6.02. The lowest BCUT2D eigenvalue weighted by atomic mass is 10.1. The number of carbonyl (C=O) groups is 3. The molecule has 3 amide bonds. The normalized spacial score (nSPS) is 21.5. The van der Waals surface area contributed by atoms with E-state index in [9.17, 15) is 14.4 Å². The molecule has 0 aromatic carbocycles. The topological polar surface area (TPSA) is 95.8 Å². The zero-order valence-electron chi connectivity index (χ0n) is 13.2. The van der Waals surface area contributed by atoms with Gasteiger partial charge in [0.1, 0.15) is 5.76 Å². The molecule has 1 aromatic rings. The van der Waals surface area contributed by atoms with E-state index in [2.05, 4.69) is 10.5 Å². The van der Waals surface area contributed by atoms with Crippen LogP contribution >= 0.6 is 0 Å².